The average Bonchev–Trinajstić information content (AvgIpc) is 2.94. The molecule has 2 atom stereocenters. The highest BCUT2D eigenvalue weighted by atomic mass is 16.5. The number of para-hydroxylation sites is 1. The van der Waals surface area contributed by atoms with Gasteiger partial charge in [0, 0.05) is 23.5 Å². The first-order valence-electron chi connectivity index (χ1n) is 7.12. The summed E-state index contributed by atoms with van der Waals surface area (Å²) in [5.74, 6) is -3.63. The molecular weight excluding hydrogens is 318 g/mol. The molecule has 0 bridgehead atoms. The minimum atomic E-state index is -1.58. The van der Waals surface area contributed by atoms with Crippen LogP contribution in [0.1, 0.15) is 12.0 Å². The lowest BCUT2D eigenvalue weighted by Crippen LogP contribution is -2.51. The summed E-state index contributed by atoms with van der Waals surface area (Å²) in [7, 11) is 0. The number of aromatic amines is 1. The van der Waals surface area contributed by atoms with Crippen LogP contribution in [0.4, 0.5) is 0 Å². The number of carbonyl (C=O) groups is 3. The third kappa shape index (κ3) is 4.09. The second-order valence-corrected chi connectivity index (χ2v) is 5.24. The number of hydrogen-bond acceptors (Lipinski definition) is 5. The van der Waals surface area contributed by atoms with E-state index in [1.807, 2.05) is 29.7 Å². The number of aromatic nitrogens is 1. The Balaban J connectivity index is 2.11. The van der Waals surface area contributed by atoms with Crippen LogP contribution in [0.5, 0.6) is 0 Å². The van der Waals surface area contributed by atoms with Crippen LogP contribution in [0.3, 0.4) is 0 Å². The number of rotatable bonds is 8. The summed E-state index contributed by atoms with van der Waals surface area (Å²) >= 11 is 0. The van der Waals surface area contributed by atoms with Crippen LogP contribution in [0, 0.1) is 0 Å². The lowest BCUT2D eigenvalue weighted by atomic mass is 10.0. The molecule has 0 saturated carbocycles. The van der Waals surface area contributed by atoms with E-state index in [1.54, 1.807) is 6.20 Å². The molecule has 24 heavy (non-hydrogen) atoms. The molecule has 128 valence electrons. The number of fused-ring (bicyclic) bond motifs is 1. The summed E-state index contributed by atoms with van der Waals surface area (Å²) in [5.41, 5.74) is 3.44. The number of carboxylic acid groups (broad SMARTS) is 2. The number of hydroxylamine groups is 1. The van der Waals surface area contributed by atoms with E-state index in [-0.39, 0.29) is 6.42 Å². The Morgan fingerprint density at radius 1 is 1.12 bits per heavy atom. The monoisotopic (exact) mass is 335 g/mol. The third-order valence-corrected chi connectivity index (χ3v) is 3.56. The predicted molar refractivity (Wildman–Crippen MR) is 82.5 cm³/mol. The predicted octanol–water partition coefficient (Wildman–Crippen LogP) is 0.102. The molecular formula is C15H17N3O6. The zero-order valence-electron chi connectivity index (χ0n) is 12.5. The zero-order chi connectivity index (χ0) is 17.7. The fraction of sp³-hybridized carbons (Fsp3) is 0.267. The molecule has 0 saturated heterocycles. The van der Waals surface area contributed by atoms with Gasteiger partial charge in [-0.05, 0) is 11.6 Å². The maximum atomic E-state index is 12.1. The first-order valence-corrected chi connectivity index (χ1v) is 7.12. The Kier molecular flexibility index (Phi) is 5.51. The smallest absolute Gasteiger partial charge is 0.326 e. The molecule has 1 aromatic heterocycles. The summed E-state index contributed by atoms with van der Waals surface area (Å²) in [6.07, 6.45) is 1.02. The van der Waals surface area contributed by atoms with E-state index < -0.39 is 36.4 Å². The van der Waals surface area contributed by atoms with Gasteiger partial charge in [-0.1, -0.05) is 18.2 Å². The molecule has 0 aliphatic rings. The van der Waals surface area contributed by atoms with Gasteiger partial charge in [-0.2, -0.15) is 5.48 Å². The van der Waals surface area contributed by atoms with Gasteiger partial charge in [0.2, 0.25) is 5.91 Å². The van der Waals surface area contributed by atoms with E-state index in [0.717, 1.165) is 16.5 Å². The Bertz CT molecular complexity index is 757. The molecule has 0 radical (unpaired) electrons. The number of carbonyl (C=O) groups excluding carboxylic acids is 1. The summed E-state index contributed by atoms with van der Waals surface area (Å²) in [4.78, 5) is 36.8. The van der Waals surface area contributed by atoms with Crippen LogP contribution >= 0.6 is 0 Å². The van der Waals surface area contributed by atoms with Gasteiger partial charge < -0.3 is 25.7 Å². The van der Waals surface area contributed by atoms with E-state index in [1.165, 1.54) is 0 Å². The van der Waals surface area contributed by atoms with Gasteiger partial charge in [0.1, 0.15) is 12.1 Å². The van der Waals surface area contributed by atoms with E-state index in [9.17, 15) is 19.6 Å². The van der Waals surface area contributed by atoms with Crippen LogP contribution in [0.25, 0.3) is 10.9 Å². The highest BCUT2D eigenvalue weighted by molar-refractivity contribution is 5.90. The van der Waals surface area contributed by atoms with Crippen LogP contribution in [-0.4, -0.2) is 50.3 Å². The molecule has 9 heteroatoms. The van der Waals surface area contributed by atoms with Crippen molar-refractivity contribution in [2.45, 2.75) is 24.9 Å². The molecule has 1 amide bonds. The van der Waals surface area contributed by atoms with Crippen molar-refractivity contribution in [2.75, 3.05) is 0 Å². The third-order valence-electron chi connectivity index (χ3n) is 3.56. The molecule has 0 fully saturated rings. The summed E-state index contributed by atoms with van der Waals surface area (Å²) in [5, 5.41) is 29.8. The molecule has 0 unspecified atom stereocenters. The van der Waals surface area contributed by atoms with Crippen LogP contribution < -0.4 is 10.8 Å². The summed E-state index contributed by atoms with van der Waals surface area (Å²) in [6.45, 7) is 0. The van der Waals surface area contributed by atoms with Gasteiger partial charge in [0.05, 0.1) is 6.42 Å². The average molecular weight is 335 g/mol. The highest BCUT2D eigenvalue weighted by Gasteiger charge is 2.27. The lowest BCUT2D eigenvalue weighted by Gasteiger charge is -2.18. The van der Waals surface area contributed by atoms with Gasteiger partial charge in [0.25, 0.3) is 0 Å². The van der Waals surface area contributed by atoms with Crippen molar-refractivity contribution in [1.29, 1.82) is 0 Å². The van der Waals surface area contributed by atoms with Crippen molar-refractivity contribution in [3.8, 4) is 0 Å². The molecule has 6 N–H and O–H groups in total. The maximum Gasteiger partial charge on any atom is 0.326 e. The topological polar surface area (TPSA) is 152 Å². The van der Waals surface area contributed by atoms with Crippen LogP contribution in [-0.2, 0) is 20.8 Å². The Labute approximate surface area is 136 Å². The van der Waals surface area contributed by atoms with Crippen molar-refractivity contribution in [3.05, 3.63) is 36.0 Å². The van der Waals surface area contributed by atoms with Crippen molar-refractivity contribution >= 4 is 28.7 Å². The van der Waals surface area contributed by atoms with Gasteiger partial charge in [-0.15, -0.1) is 0 Å². The van der Waals surface area contributed by atoms with E-state index in [0.29, 0.717) is 0 Å². The summed E-state index contributed by atoms with van der Waals surface area (Å²) < 4.78 is 0. The first kappa shape index (κ1) is 17.4. The number of hydrogen-bond donors (Lipinski definition) is 6. The van der Waals surface area contributed by atoms with Crippen LogP contribution in [0.15, 0.2) is 30.5 Å². The quantitative estimate of drug-likeness (QED) is 0.374. The largest absolute Gasteiger partial charge is 0.481 e. The van der Waals surface area contributed by atoms with E-state index in [4.69, 9.17) is 10.2 Å². The summed E-state index contributed by atoms with van der Waals surface area (Å²) in [6, 6.07) is 4.68. The van der Waals surface area contributed by atoms with Gasteiger partial charge in [-0.3, -0.25) is 9.59 Å². The molecule has 2 aromatic rings. The van der Waals surface area contributed by atoms with Crippen molar-refractivity contribution in [3.63, 3.8) is 0 Å². The fourth-order valence-corrected chi connectivity index (χ4v) is 2.36. The lowest BCUT2D eigenvalue weighted by molar-refractivity contribution is -0.147. The van der Waals surface area contributed by atoms with Gasteiger partial charge >= 0.3 is 11.9 Å². The molecule has 0 spiro atoms. The van der Waals surface area contributed by atoms with Crippen molar-refractivity contribution in [2.24, 2.45) is 0 Å². The molecule has 9 nitrogen and oxygen atoms in total. The van der Waals surface area contributed by atoms with Crippen molar-refractivity contribution < 1.29 is 29.8 Å². The molecule has 0 aliphatic heterocycles. The number of carboxylic acids is 2. The fourth-order valence-electron chi connectivity index (χ4n) is 2.36. The van der Waals surface area contributed by atoms with Gasteiger partial charge in [0.15, 0.2) is 0 Å². The van der Waals surface area contributed by atoms with Crippen LogP contribution in [0.2, 0.25) is 0 Å². The highest BCUT2D eigenvalue weighted by Crippen LogP contribution is 2.19. The van der Waals surface area contributed by atoms with Gasteiger partial charge in [-0.25, -0.2) is 4.79 Å². The number of amides is 1. The Morgan fingerprint density at radius 2 is 1.83 bits per heavy atom. The second-order valence-electron chi connectivity index (χ2n) is 5.24. The number of H-pyrrole nitrogens is 1. The Morgan fingerprint density at radius 3 is 2.46 bits per heavy atom. The number of nitrogens with one attached hydrogen (secondary N) is 3. The van der Waals surface area contributed by atoms with Crippen molar-refractivity contribution in [1.82, 2.24) is 15.8 Å². The zero-order valence-corrected chi connectivity index (χ0v) is 12.5. The first-order chi connectivity index (χ1) is 11.4. The maximum absolute atomic E-state index is 12.1. The number of aliphatic carboxylic acids is 2. The molecule has 2 rings (SSSR count). The SMILES string of the molecule is O=C(O)C[C@H](NC(=O)[C@H](Cc1c[nH]c2ccccc12)NO)C(=O)O. The number of benzene rings is 1. The molecule has 0 aliphatic carbocycles. The minimum Gasteiger partial charge on any atom is -0.481 e. The minimum absolute atomic E-state index is 0.0890. The normalized spacial score (nSPS) is 13.4. The van der Waals surface area contributed by atoms with E-state index >= 15 is 0 Å². The van der Waals surface area contributed by atoms with E-state index in [2.05, 4.69) is 10.3 Å². The Hall–Kier alpha value is -2.91. The second kappa shape index (κ2) is 7.57. The molecule has 1 aromatic carbocycles. The molecule has 1 heterocycles. The standard InChI is InChI=1S/C15H17N3O6/c19-13(20)6-12(15(22)23)17-14(21)11(18-24)5-8-7-16-10-4-2-1-3-9(8)10/h1-4,7,11-12,16,18,24H,5-6H2,(H,17,21)(H,19,20)(H,22,23)/t11-,12-/m0/s1.